The lowest BCUT2D eigenvalue weighted by atomic mass is 10.0. The first-order valence-electron chi connectivity index (χ1n) is 9.09. The molecule has 144 valence electrons. The molecule has 3 rings (SSSR count). The largest absolute Gasteiger partial charge is 0.368 e. The molecule has 0 saturated carbocycles. The van der Waals surface area contributed by atoms with E-state index in [1.54, 1.807) is 23.1 Å². The van der Waals surface area contributed by atoms with E-state index in [-0.39, 0.29) is 23.5 Å². The summed E-state index contributed by atoms with van der Waals surface area (Å²) >= 11 is 1.36. The molecule has 1 fully saturated rings. The number of amides is 2. The van der Waals surface area contributed by atoms with Crippen LogP contribution >= 0.6 is 11.3 Å². The Labute approximate surface area is 162 Å². The molecule has 0 aliphatic carbocycles. The lowest BCUT2D eigenvalue weighted by Crippen LogP contribution is -2.56. The van der Waals surface area contributed by atoms with Gasteiger partial charge in [-0.2, -0.15) is 0 Å². The molecule has 5 nitrogen and oxygen atoms in total. The molecule has 1 aliphatic heterocycles. The van der Waals surface area contributed by atoms with Gasteiger partial charge in [0.25, 0.3) is 5.91 Å². The van der Waals surface area contributed by atoms with Crippen LogP contribution in [0.1, 0.15) is 23.5 Å². The predicted octanol–water partition coefficient (Wildman–Crippen LogP) is 2.99. The van der Waals surface area contributed by atoms with E-state index >= 15 is 0 Å². The maximum atomic E-state index is 13.1. The van der Waals surface area contributed by atoms with Gasteiger partial charge < -0.3 is 15.1 Å². The molecule has 27 heavy (non-hydrogen) atoms. The molecule has 1 aliphatic rings. The summed E-state index contributed by atoms with van der Waals surface area (Å²) in [4.78, 5) is 29.9. The maximum absolute atomic E-state index is 13.1. The van der Waals surface area contributed by atoms with Gasteiger partial charge in [-0.3, -0.25) is 9.59 Å². The van der Waals surface area contributed by atoms with Gasteiger partial charge in [-0.1, -0.05) is 19.9 Å². The van der Waals surface area contributed by atoms with Crippen LogP contribution in [-0.4, -0.2) is 48.9 Å². The van der Waals surface area contributed by atoms with E-state index < -0.39 is 6.04 Å². The van der Waals surface area contributed by atoms with Gasteiger partial charge in [0.1, 0.15) is 11.9 Å². The average Bonchev–Trinajstić information content (AvgIpc) is 3.21. The third kappa shape index (κ3) is 4.66. The molecule has 2 aromatic rings. The Balaban J connectivity index is 1.60. The number of nitrogens with zero attached hydrogens (tertiary/aromatic N) is 2. The van der Waals surface area contributed by atoms with Crippen molar-refractivity contribution in [3.63, 3.8) is 0 Å². The number of benzene rings is 1. The standard InChI is InChI=1S/C20H24FN3O2S/c1-14(2)18(22-19(25)17-4-3-13-27-17)20(26)24-11-9-23(10-12-24)16-7-5-15(21)6-8-16/h3-8,13-14,18H,9-12H2,1-2H3,(H,22,25)/t18-/m0/s1. The Kier molecular flexibility index (Phi) is 6.11. The second-order valence-corrected chi connectivity index (χ2v) is 7.91. The highest BCUT2D eigenvalue weighted by molar-refractivity contribution is 7.12. The lowest BCUT2D eigenvalue weighted by molar-refractivity contribution is -0.134. The zero-order chi connectivity index (χ0) is 19.4. The summed E-state index contributed by atoms with van der Waals surface area (Å²) < 4.78 is 13.1. The number of carbonyl (C=O) groups is 2. The van der Waals surface area contributed by atoms with Gasteiger partial charge in [0.05, 0.1) is 4.88 Å². The number of nitrogens with one attached hydrogen (secondary N) is 1. The van der Waals surface area contributed by atoms with E-state index in [0.29, 0.717) is 31.1 Å². The fourth-order valence-electron chi connectivity index (χ4n) is 3.17. The van der Waals surface area contributed by atoms with Crippen molar-refractivity contribution in [1.29, 1.82) is 0 Å². The second kappa shape index (κ2) is 8.52. The van der Waals surface area contributed by atoms with Crippen LogP contribution in [0.2, 0.25) is 0 Å². The molecule has 0 radical (unpaired) electrons. The van der Waals surface area contributed by atoms with Gasteiger partial charge in [-0.25, -0.2) is 4.39 Å². The number of carbonyl (C=O) groups excluding carboxylic acids is 2. The van der Waals surface area contributed by atoms with E-state index in [2.05, 4.69) is 10.2 Å². The number of hydrogen-bond acceptors (Lipinski definition) is 4. The van der Waals surface area contributed by atoms with Crippen LogP contribution in [0, 0.1) is 11.7 Å². The summed E-state index contributed by atoms with van der Waals surface area (Å²) in [6.07, 6.45) is 0. The molecule has 1 aromatic carbocycles. The molecule has 0 spiro atoms. The molecule has 1 atom stereocenters. The van der Waals surface area contributed by atoms with Gasteiger partial charge in [-0.15, -0.1) is 11.3 Å². The average molecular weight is 389 g/mol. The Morgan fingerprint density at radius 3 is 2.30 bits per heavy atom. The van der Waals surface area contributed by atoms with Gasteiger partial charge in [0, 0.05) is 31.9 Å². The second-order valence-electron chi connectivity index (χ2n) is 6.96. The van der Waals surface area contributed by atoms with Crippen molar-refractivity contribution >= 4 is 28.8 Å². The summed E-state index contributed by atoms with van der Waals surface area (Å²) in [5, 5.41) is 4.73. The Morgan fingerprint density at radius 1 is 1.07 bits per heavy atom. The molecule has 1 aromatic heterocycles. The zero-order valence-corrected chi connectivity index (χ0v) is 16.3. The molecule has 2 amide bonds. The first-order valence-corrected chi connectivity index (χ1v) is 9.97. The summed E-state index contributed by atoms with van der Waals surface area (Å²) in [7, 11) is 0. The number of thiophene rings is 1. The number of rotatable bonds is 5. The number of anilines is 1. The molecular weight excluding hydrogens is 365 g/mol. The number of halogens is 1. The first kappa shape index (κ1) is 19.4. The van der Waals surface area contributed by atoms with E-state index in [9.17, 15) is 14.0 Å². The van der Waals surface area contributed by atoms with Crippen LogP contribution in [-0.2, 0) is 4.79 Å². The third-order valence-electron chi connectivity index (χ3n) is 4.75. The van der Waals surface area contributed by atoms with E-state index in [1.165, 1.54) is 23.5 Å². The summed E-state index contributed by atoms with van der Waals surface area (Å²) in [6, 6.07) is 9.43. The van der Waals surface area contributed by atoms with Gasteiger partial charge >= 0.3 is 0 Å². The van der Waals surface area contributed by atoms with Gasteiger partial charge in [0.2, 0.25) is 5.91 Å². The van der Waals surface area contributed by atoms with Crippen LogP contribution in [0.3, 0.4) is 0 Å². The van der Waals surface area contributed by atoms with Gasteiger partial charge in [0.15, 0.2) is 0 Å². The van der Waals surface area contributed by atoms with Crippen molar-refractivity contribution in [2.75, 3.05) is 31.1 Å². The van der Waals surface area contributed by atoms with Crippen molar-refractivity contribution in [1.82, 2.24) is 10.2 Å². The van der Waals surface area contributed by atoms with E-state index in [4.69, 9.17) is 0 Å². The minimum absolute atomic E-state index is 0.00320. The van der Waals surface area contributed by atoms with Crippen molar-refractivity contribution in [2.24, 2.45) is 5.92 Å². The molecule has 2 heterocycles. The summed E-state index contributed by atoms with van der Waals surface area (Å²) in [6.45, 7) is 6.39. The molecule has 0 bridgehead atoms. The van der Waals surface area contributed by atoms with Crippen molar-refractivity contribution < 1.29 is 14.0 Å². The van der Waals surface area contributed by atoms with Crippen molar-refractivity contribution in [3.8, 4) is 0 Å². The molecule has 7 heteroatoms. The highest BCUT2D eigenvalue weighted by Gasteiger charge is 2.31. The fourth-order valence-corrected chi connectivity index (χ4v) is 3.79. The normalized spacial score (nSPS) is 15.7. The minimum Gasteiger partial charge on any atom is -0.368 e. The highest BCUT2D eigenvalue weighted by Crippen LogP contribution is 2.18. The van der Waals surface area contributed by atoms with Crippen molar-refractivity contribution in [3.05, 3.63) is 52.5 Å². The van der Waals surface area contributed by atoms with E-state index in [0.717, 1.165) is 5.69 Å². The molecule has 1 N–H and O–H groups in total. The van der Waals surface area contributed by atoms with Crippen LogP contribution in [0.4, 0.5) is 10.1 Å². The monoisotopic (exact) mass is 389 g/mol. The van der Waals surface area contributed by atoms with Crippen LogP contribution in [0.5, 0.6) is 0 Å². The molecular formula is C20H24FN3O2S. The topological polar surface area (TPSA) is 52.7 Å². The molecule has 1 saturated heterocycles. The van der Waals surface area contributed by atoms with Crippen molar-refractivity contribution in [2.45, 2.75) is 19.9 Å². The fraction of sp³-hybridized carbons (Fsp3) is 0.400. The smallest absolute Gasteiger partial charge is 0.262 e. The minimum atomic E-state index is -0.544. The Bertz CT molecular complexity index is 769. The number of hydrogen-bond donors (Lipinski definition) is 1. The van der Waals surface area contributed by atoms with E-state index in [1.807, 2.05) is 25.3 Å². The summed E-state index contributed by atoms with van der Waals surface area (Å²) in [5.41, 5.74) is 0.954. The van der Waals surface area contributed by atoms with Crippen LogP contribution in [0.25, 0.3) is 0 Å². The van der Waals surface area contributed by atoms with Gasteiger partial charge in [-0.05, 0) is 41.6 Å². The molecule has 0 unspecified atom stereocenters. The first-order chi connectivity index (χ1) is 13.0. The zero-order valence-electron chi connectivity index (χ0n) is 15.5. The predicted molar refractivity (Wildman–Crippen MR) is 106 cm³/mol. The Morgan fingerprint density at radius 2 is 1.74 bits per heavy atom. The maximum Gasteiger partial charge on any atom is 0.262 e. The number of piperazine rings is 1. The summed E-state index contributed by atoms with van der Waals surface area (Å²) in [5.74, 6) is -0.513. The highest BCUT2D eigenvalue weighted by atomic mass is 32.1. The third-order valence-corrected chi connectivity index (χ3v) is 5.62. The Hall–Kier alpha value is -2.41. The quantitative estimate of drug-likeness (QED) is 0.855. The lowest BCUT2D eigenvalue weighted by Gasteiger charge is -2.38. The van der Waals surface area contributed by atoms with Crippen LogP contribution < -0.4 is 10.2 Å². The van der Waals surface area contributed by atoms with Crippen LogP contribution in [0.15, 0.2) is 41.8 Å². The SMILES string of the molecule is CC(C)[C@H](NC(=O)c1cccs1)C(=O)N1CCN(c2ccc(F)cc2)CC1.